The fourth-order valence-corrected chi connectivity index (χ4v) is 1.76. The van der Waals surface area contributed by atoms with Crippen molar-refractivity contribution in [1.82, 2.24) is 9.97 Å². The van der Waals surface area contributed by atoms with Gasteiger partial charge in [-0.05, 0) is 37.6 Å². The molecule has 0 aliphatic heterocycles. The predicted molar refractivity (Wildman–Crippen MR) is 74.6 cm³/mol. The summed E-state index contributed by atoms with van der Waals surface area (Å²) < 4.78 is 13.2. The van der Waals surface area contributed by atoms with Gasteiger partial charge < -0.3 is 10.6 Å². The average molecular weight is 260 g/mol. The van der Waals surface area contributed by atoms with Crippen LogP contribution in [0.4, 0.5) is 16.2 Å². The standard InChI is InChI=1S/C14H17FN4/c1-3-16-14-17-8-7-13(19-14)18-10(2)11-5-4-6-12(15)9-11/h4-10H,3H2,1-2H3,(H2,16,17,18,19). The van der Waals surface area contributed by atoms with E-state index < -0.39 is 0 Å². The molecule has 5 heteroatoms. The van der Waals surface area contributed by atoms with Crippen molar-refractivity contribution in [3.63, 3.8) is 0 Å². The molecule has 0 amide bonds. The number of benzene rings is 1. The Balaban J connectivity index is 2.10. The van der Waals surface area contributed by atoms with Crippen molar-refractivity contribution in [2.24, 2.45) is 0 Å². The van der Waals surface area contributed by atoms with E-state index in [2.05, 4.69) is 20.6 Å². The zero-order valence-electron chi connectivity index (χ0n) is 11.0. The van der Waals surface area contributed by atoms with Crippen molar-refractivity contribution < 1.29 is 4.39 Å². The van der Waals surface area contributed by atoms with Gasteiger partial charge in [-0.15, -0.1) is 0 Å². The molecule has 19 heavy (non-hydrogen) atoms. The van der Waals surface area contributed by atoms with Crippen molar-refractivity contribution >= 4 is 11.8 Å². The molecular weight excluding hydrogens is 243 g/mol. The molecule has 1 heterocycles. The maximum atomic E-state index is 13.2. The number of aromatic nitrogens is 2. The van der Waals surface area contributed by atoms with E-state index in [1.54, 1.807) is 18.3 Å². The monoisotopic (exact) mass is 260 g/mol. The van der Waals surface area contributed by atoms with E-state index in [9.17, 15) is 4.39 Å². The lowest BCUT2D eigenvalue weighted by molar-refractivity contribution is 0.623. The fraction of sp³-hybridized carbons (Fsp3) is 0.286. The van der Waals surface area contributed by atoms with Crippen LogP contribution in [0.5, 0.6) is 0 Å². The first-order chi connectivity index (χ1) is 9.19. The highest BCUT2D eigenvalue weighted by atomic mass is 19.1. The van der Waals surface area contributed by atoms with Crippen molar-refractivity contribution in [3.8, 4) is 0 Å². The maximum Gasteiger partial charge on any atom is 0.224 e. The van der Waals surface area contributed by atoms with Gasteiger partial charge in [-0.1, -0.05) is 12.1 Å². The summed E-state index contributed by atoms with van der Waals surface area (Å²) in [5, 5.41) is 6.27. The largest absolute Gasteiger partial charge is 0.363 e. The number of nitrogens with one attached hydrogen (secondary N) is 2. The first-order valence-electron chi connectivity index (χ1n) is 6.28. The van der Waals surface area contributed by atoms with Crippen LogP contribution in [-0.4, -0.2) is 16.5 Å². The molecular formula is C14H17FN4. The highest BCUT2D eigenvalue weighted by molar-refractivity contribution is 5.41. The minimum Gasteiger partial charge on any atom is -0.363 e. The van der Waals surface area contributed by atoms with Crippen LogP contribution >= 0.6 is 0 Å². The third kappa shape index (κ3) is 3.64. The van der Waals surface area contributed by atoms with Crippen molar-refractivity contribution in [1.29, 1.82) is 0 Å². The Morgan fingerprint density at radius 3 is 2.89 bits per heavy atom. The van der Waals surface area contributed by atoms with Gasteiger partial charge in [-0.2, -0.15) is 4.98 Å². The Morgan fingerprint density at radius 2 is 2.16 bits per heavy atom. The van der Waals surface area contributed by atoms with Crippen LogP contribution in [0.1, 0.15) is 25.5 Å². The molecule has 2 N–H and O–H groups in total. The van der Waals surface area contributed by atoms with Crippen LogP contribution in [0.2, 0.25) is 0 Å². The molecule has 1 unspecified atom stereocenters. The molecule has 0 aliphatic rings. The van der Waals surface area contributed by atoms with E-state index in [0.29, 0.717) is 11.8 Å². The minimum atomic E-state index is -0.234. The van der Waals surface area contributed by atoms with Crippen molar-refractivity contribution in [2.75, 3.05) is 17.2 Å². The topological polar surface area (TPSA) is 49.8 Å². The molecule has 1 atom stereocenters. The van der Waals surface area contributed by atoms with Gasteiger partial charge >= 0.3 is 0 Å². The molecule has 2 aromatic rings. The third-order valence-electron chi connectivity index (χ3n) is 2.70. The predicted octanol–water partition coefficient (Wildman–Crippen LogP) is 3.22. The lowest BCUT2D eigenvalue weighted by atomic mass is 10.1. The third-order valence-corrected chi connectivity index (χ3v) is 2.70. The summed E-state index contributed by atoms with van der Waals surface area (Å²) in [7, 11) is 0. The zero-order chi connectivity index (χ0) is 13.7. The lowest BCUT2D eigenvalue weighted by Gasteiger charge is -2.15. The zero-order valence-corrected chi connectivity index (χ0v) is 11.0. The minimum absolute atomic E-state index is 0.0277. The highest BCUT2D eigenvalue weighted by Gasteiger charge is 2.07. The molecule has 0 fully saturated rings. The summed E-state index contributed by atoms with van der Waals surface area (Å²) in [4.78, 5) is 8.42. The summed E-state index contributed by atoms with van der Waals surface area (Å²) in [6, 6.07) is 8.30. The lowest BCUT2D eigenvalue weighted by Crippen LogP contribution is -2.10. The Morgan fingerprint density at radius 1 is 1.32 bits per heavy atom. The number of hydrogen-bond acceptors (Lipinski definition) is 4. The molecule has 0 saturated carbocycles. The number of nitrogens with zero attached hydrogens (tertiary/aromatic N) is 2. The van der Waals surface area contributed by atoms with Crippen LogP contribution in [0.3, 0.4) is 0 Å². The second-order valence-electron chi connectivity index (χ2n) is 4.22. The summed E-state index contributed by atoms with van der Waals surface area (Å²) in [5.41, 5.74) is 0.878. The molecule has 0 radical (unpaired) electrons. The molecule has 0 spiro atoms. The van der Waals surface area contributed by atoms with Crippen molar-refractivity contribution in [2.45, 2.75) is 19.9 Å². The normalized spacial score (nSPS) is 11.9. The second kappa shape index (κ2) is 6.13. The van der Waals surface area contributed by atoms with Gasteiger partial charge in [0.25, 0.3) is 0 Å². The second-order valence-corrected chi connectivity index (χ2v) is 4.22. The maximum absolute atomic E-state index is 13.2. The van der Waals surface area contributed by atoms with E-state index in [-0.39, 0.29) is 11.9 Å². The van der Waals surface area contributed by atoms with Crippen LogP contribution < -0.4 is 10.6 Å². The van der Waals surface area contributed by atoms with Gasteiger partial charge in [0.1, 0.15) is 11.6 Å². The number of hydrogen-bond donors (Lipinski definition) is 2. The quantitative estimate of drug-likeness (QED) is 0.866. The summed E-state index contributed by atoms with van der Waals surface area (Å²) >= 11 is 0. The van der Waals surface area contributed by atoms with E-state index >= 15 is 0 Å². The first-order valence-corrected chi connectivity index (χ1v) is 6.28. The average Bonchev–Trinajstić information content (AvgIpc) is 2.39. The van der Waals surface area contributed by atoms with Gasteiger partial charge in [0.2, 0.25) is 5.95 Å². The summed E-state index contributed by atoms with van der Waals surface area (Å²) in [6.07, 6.45) is 1.69. The smallest absolute Gasteiger partial charge is 0.224 e. The van der Waals surface area contributed by atoms with Crippen LogP contribution in [-0.2, 0) is 0 Å². The van der Waals surface area contributed by atoms with E-state index in [1.165, 1.54) is 12.1 Å². The van der Waals surface area contributed by atoms with E-state index in [0.717, 1.165) is 12.1 Å². The van der Waals surface area contributed by atoms with E-state index in [4.69, 9.17) is 0 Å². The fourth-order valence-electron chi connectivity index (χ4n) is 1.76. The van der Waals surface area contributed by atoms with Crippen molar-refractivity contribution in [3.05, 3.63) is 47.9 Å². The Hall–Kier alpha value is -2.17. The number of anilines is 2. The highest BCUT2D eigenvalue weighted by Crippen LogP contribution is 2.18. The van der Waals surface area contributed by atoms with Crippen LogP contribution in [0, 0.1) is 5.82 Å². The molecule has 0 saturated heterocycles. The van der Waals surface area contributed by atoms with Gasteiger partial charge in [-0.3, -0.25) is 0 Å². The first kappa shape index (κ1) is 13.3. The molecule has 4 nitrogen and oxygen atoms in total. The van der Waals surface area contributed by atoms with Gasteiger partial charge in [-0.25, -0.2) is 9.37 Å². The Bertz CT molecular complexity index is 544. The summed E-state index contributed by atoms with van der Waals surface area (Å²) in [5.74, 6) is 1.06. The van der Waals surface area contributed by atoms with Gasteiger partial charge in [0.15, 0.2) is 0 Å². The molecule has 100 valence electrons. The molecule has 0 aliphatic carbocycles. The Labute approximate surface area is 112 Å². The SMILES string of the molecule is CCNc1nccc(NC(C)c2cccc(F)c2)n1. The molecule has 2 rings (SSSR count). The summed E-state index contributed by atoms with van der Waals surface area (Å²) in [6.45, 7) is 4.71. The molecule has 0 bridgehead atoms. The number of rotatable bonds is 5. The molecule has 1 aromatic carbocycles. The van der Waals surface area contributed by atoms with Crippen LogP contribution in [0.25, 0.3) is 0 Å². The van der Waals surface area contributed by atoms with Gasteiger partial charge in [0.05, 0.1) is 6.04 Å². The molecule has 1 aromatic heterocycles. The Kier molecular flexibility index (Phi) is 4.28. The van der Waals surface area contributed by atoms with E-state index in [1.807, 2.05) is 19.9 Å². The van der Waals surface area contributed by atoms with Gasteiger partial charge in [0, 0.05) is 12.7 Å². The van der Waals surface area contributed by atoms with Crippen LogP contribution in [0.15, 0.2) is 36.5 Å². The number of halogens is 1.